The standard InChI is InChI=1S/C11H22F3NO2PS/c1-2-5-18(6-3-4-7-18)8-9-19(16,17)15-10-11(12,13)14/h15H,2-10H2,1H3/q+1. The zero-order valence-corrected chi connectivity index (χ0v) is 12.9. The molecule has 1 fully saturated rings. The van der Waals surface area contributed by atoms with E-state index in [0.29, 0.717) is 6.16 Å². The minimum atomic E-state index is -4.49. The highest BCUT2D eigenvalue weighted by atomic mass is 32.2. The lowest BCUT2D eigenvalue weighted by Gasteiger charge is -2.21. The Kier molecular flexibility index (Phi) is 6.08. The monoisotopic (exact) mass is 320 g/mol. The van der Waals surface area contributed by atoms with Crippen LogP contribution in [0.5, 0.6) is 0 Å². The van der Waals surface area contributed by atoms with Crippen LogP contribution in [0, 0.1) is 0 Å². The fraction of sp³-hybridized carbons (Fsp3) is 1.00. The van der Waals surface area contributed by atoms with Crippen LogP contribution in [0.4, 0.5) is 13.2 Å². The van der Waals surface area contributed by atoms with E-state index in [-0.39, 0.29) is 5.75 Å². The van der Waals surface area contributed by atoms with Gasteiger partial charge in [-0.25, -0.2) is 13.1 Å². The van der Waals surface area contributed by atoms with E-state index in [4.69, 9.17) is 0 Å². The van der Waals surface area contributed by atoms with Crippen molar-refractivity contribution in [3.05, 3.63) is 0 Å². The molecule has 0 aromatic rings. The maximum Gasteiger partial charge on any atom is 0.402 e. The molecule has 1 N–H and O–H groups in total. The first-order valence-corrected chi connectivity index (χ1v) is 10.8. The van der Waals surface area contributed by atoms with Crippen LogP contribution in [0.1, 0.15) is 26.2 Å². The van der Waals surface area contributed by atoms with Gasteiger partial charge < -0.3 is 0 Å². The van der Waals surface area contributed by atoms with Crippen LogP contribution in [0.25, 0.3) is 0 Å². The van der Waals surface area contributed by atoms with Crippen LogP contribution in [-0.4, -0.2) is 51.5 Å². The Morgan fingerprint density at radius 2 is 1.74 bits per heavy atom. The Morgan fingerprint density at radius 3 is 2.21 bits per heavy atom. The second kappa shape index (κ2) is 6.72. The summed E-state index contributed by atoms with van der Waals surface area (Å²) in [5, 5.41) is 0. The number of hydrogen-bond acceptors (Lipinski definition) is 2. The predicted octanol–water partition coefficient (Wildman–Crippen LogP) is 2.69. The number of hydrogen-bond donors (Lipinski definition) is 1. The van der Waals surface area contributed by atoms with E-state index in [2.05, 4.69) is 6.92 Å². The summed E-state index contributed by atoms with van der Waals surface area (Å²) < 4.78 is 60.8. The van der Waals surface area contributed by atoms with E-state index in [0.717, 1.165) is 37.7 Å². The van der Waals surface area contributed by atoms with Crippen LogP contribution < -0.4 is 4.72 Å². The lowest BCUT2D eigenvalue weighted by molar-refractivity contribution is -0.121. The first-order valence-electron chi connectivity index (χ1n) is 6.57. The van der Waals surface area contributed by atoms with Gasteiger partial charge in [-0.1, -0.05) is 6.92 Å². The van der Waals surface area contributed by atoms with Crippen molar-refractivity contribution in [2.24, 2.45) is 0 Å². The van der Waals surface area contributed by atoms with Gasteiger partial charge >= 0.3 is 6.18 Å². The summed E-state index contributed by atoms with van der Waals surface area (Å²) in [7, 11) is -5.01. The van der Waals surface area contributed by atoms with Crippen LogP contribution >= 0.6 is 7.26 Å². The van der Waals surface area contributed by atoms with Crippen LogP contribution in [-0.2, 0) is 10.0 Å². The fourth-order valence-corrected chi connectivity index (χ4v) is 9.74. The third kappa shape index (κ3) is 6.41. The Bertz CT molecular complexity index is 378. The lowest BCUT2D eigenvalue weighted by atomic mass is 10.4. The van der Waals surface area contributed by atoms with Gasteiger partial charge in [-0.15, -0.1) is 0 Å². The zero-order chi connectivity index (χ0) is 14.6. The molecule has 3 nitrogen and oxygen atoms in total. The highest BCUT2D eigenvalue weighted by Gasteiger charge is 2.41. The summed E-state index contributed by atoms with van der Waals surface area (Å²) in [6, 6.07) is 0. The normalized spacial score (nSPS) is 19.8. The molecule has 1 rings (SSSR count). The van der Waals surface area contributed by atoms with Crippen molar-refractivity contribution in [2.45, 2.75) is 32.4 Å². The summed E-state index contributed by atoms with van der Waals surface area (Å²) in [6.07, 6.45) is 2.69. The van der Waals surface area contributed by atoms with Gasteiger partial charge in [0.15, 0.2) is 0 Å². The van der Waals surface area contributed by atoms with E-state index >= 15 is 0 Å². The zero-order valence-electron chi connectivity index (χ0n) is 11.2. The third-order valence-electron chi connectivity index (χ3n) is 3.54. The topological polar surface area (TPSA) is 46.2 Å². The van der Waals surface area contributed by atoms with Crippen molar-refractivity contribution in [2.75, 3.05) is 36.9 Å². The molecule has 0 spiro atoms. The number of alkyl halides is 3. The number of sulfonamides is 1. The molecular formula is C11H22F3NO2PS+. The maximum atomic E-state index is 12.0. The molecule has 0 bridgehead atoms. The number of halogens is 3. The minimum absolute atomic E-state index is 0.156. The average Bonchev–Trinajstić information content (AvgIpc) is 2.73. The van der Waals surface area contributed by atoms with Gasteiger partial charge in [0.1, 0.15) is 6.54 Å². The lowest BCUT2D eigenvalue weighted by Crippen LogP contribution is -2.36. The summed E-state index contributed by atoms with van der Waals surface area (Å²) >= 11 is 0. The van der Waals surface area contributed by atoms with Gasteiger partial charge in [-0.3, -0.25) is 0 Å². The van der Waals surface area contributed by atoms with E-state index in [1.165, 1.54) is 0 Å². The van der Waals surface area contributed by atoms with Gasteiger partial charge in [0, 0.05) is 7.26 Å². The second-order valence-corrected chi connectivity index (χ2v) is 11.6. The van der Waals surface area contributed by atoms with E-state index in [1.54, 1.807) is 4.72 Å². The van der Waals surface area contributed by atoms with Crippen molar-refractivity contribution < 1.29 is 21.6 Å². The van der Waals surface area contributed by atoms with Gasteiger partial charge in [-0.05, 0) is 19.3 Å². The van der Waals surface area contributed by atoms with Crippen molar-refractivity contribution in [1.29, 1.82) is 0 Å². The smallest absolute Gasteiger partial charge is 0.212 e. The fourth-order valence-electron chi connectivity index (χ4n) is 2.62. The molecule has 0 atom stereocenters. The molecule has 0 aromatic carbocycles. The van der Waals surface area contributed by atoms with Crippen molar-refractivity contribution in [1.82, 2.24) is 4.72 Å². The molecule has 1 aliphatic rings. The number of nitrogens with one attached hydrogen (secondary N) is 1. The SMILES string of the molecule is CCC[P+]1(CCS(=O)(=O)NCC(F)(F)F)CCCC1. The molecule has 0 aromatic heterocycles. The Labute approximate surface area is 113 Å². The van der Waals surface area contributed by atoms with Crippen molar-refractivity contribution in [3.8, 4) is 0 Å². The maximum absolute atomic E-state index is 12.0. The van der Waals surface area contributed by atoms with E-state index in [1.807, 2.05) is 0 Å². The molecule has 0 unspecified atom stereocenters. The molecule has 1 heterocycles. The van der Waals surface area contributed by atoms with Crippen molar-refractivity contribution in [3.63, 3.8) is 0 Å². The molecule has 114 valence electrons. The second-order valence-electron chi connectivity index (χ2n) is 5.20. The molecule has 1 saturated heterocycles. The molecule has 1 aliphatic heterocycles. The first kappa shape index (κ1) is 17.2. The molecule has 0 aliphatic carbocycles. The van der Waals surface area contributed by atoms with E-state index < -0.39 is 30.0 Å². The Balaban J connectivity index is 2.49. The molecule has 0 radical (unpaired) electrons. The molecule has 19 heavy (non-hydrogen) atoms. The largest absolute Gasteiger partial charge is 0.402 e. The average molecular weight is 320 g/mol. The van der Waals surface area contributed by atoms with E-state index in [9.17, 15) is 21.6 Å². The van der Waals surface area contributed by atoms with Crippen LogP contribution in [0.15, 0.2) is 0 Å². The Morgan fingerprint density at radius 1 is 1.16 bits per heavy atom. The molecular weight excluding hydrogens is 298 g/mol. The molecule has 8 heteroatoms. The van der Waals surface area contributed by atoms with Gasteiger partial charge in [0.05, 0.1) is 30.4 Å². The summed E-state index contributed by atoms with van der Waals surface area (Å²) in [5.74, 6) is -0.156. The first-order chi connectivity index (χ1) is 8.68. The highest BCUT2D eigenvalue weighted by Crippen LogP contribution is 2.63. The summed E-state index contributed by atoms with van der Waals surface area (Å²) in [4.78, 5) is 0. The van der Waals surface area contributed by atoms with Gasteiger partial charge in [-0.2, -0.15) is 13.2 Å². The molecule has 0 saturated carbocycles. The molecule has 0 amide bonds. The Hall–Kier alpha value is 0.130. The van der Waals surface area contributed by atoms with Crippen LogP contribution in [0.3, 0.4) is 0 Å². The van der Waals surface area contributed by atoms with Gasteiger partial charge in [0.25, 0.3) is 0 Å². The highest BCUT2D eigenvalue weighted by molar-refractivity contribution is 7.90. The number of rotatable bonds is 7. The quantitative estimate of drug-likeness (QED) is 0.733. The van der Waals surface area contributed by atoms with Crippen LogP contribution in [0.2, 0.25) is 0 Å². The third-order valence-corrected chi connectivity index (χ3v) is 10.3. The summed E-state index contributed by atoms with van der Waals surface area (Å²) in [5.41, 5.74) is 0. The summed E-state index contributed by atoms with van der Waals surface area (Å²) in [6.45, 7) is 0.616. The predicted molar refractivity (Wildman–Crippen MR) is 73.8 cm³/mol. The van der Waals surface area contributed by atoms with Gasteiger partial charge in [0.2, 0.25) is 10.0 Å². The minimum Gasteiger partial charge on any atom is -0.212 e. The van der Waals surface area contributed by atoms with Crippen molar-refractivity contribution >= 4 is 17.3 Å².